The zero-order valence-electron chi connectivity index (χ0n) is 10.1. The van der Waals surface area contributed by atoms with Crippen LogP contribution in [-0.2, 0) is 4.74 Å². The molecule has 8 nitrogen and oxygen atoms in total. The second-order valence-electron chi connectivity index (χ2n) is 3.84. The van der Waals surface area contributed by atoms with Crippen molar-refractivity contribution < 1.29 is 20.1 Å². The largest absolute Gasteiger partial charge is 0.394 e. The van der Waals surface area contributed by atoms with Crippen LogP contribution in [0, 0.1) is 3.70 Å². The molecule has 9 heteroatoms. The summed E-state index contributed by atoms with van der Waals surface area (Å²) in [6, 6.07) is 1.22. The molecule has 1 aromatic heterocycles. The summed E-state index contributed by atoms with van der Waals surface area (Å²) >= 11 is 1.80. The lowest BCUT2D eigenvalue weighted by molar-refractivity contribution is -0.128. The minimum atomic E-state index is -1.26. The van der Waals surface area contributed by atoms with Crippen LogP contribution in [0.5, 0.6) is 0 Å². The number of aromatic nitrogens is 2. The number of halogens is 1. The highest BCUT2D eigenvalue weighted by atomic mass is 127. The van der Waals surface area contributed by atoms with Crippen LogP contribution in [-0.4, -0.2) is 50.3 Å². The van der Waals surface area contributed by atoms with E-state index in [1.165, 1.54) is 13.0 Å². The van der Waals surface area contributed by atoms with Crippen molar-refractivity contribution in [3.05, 3.63) is 30.6 Å². The summed E-state index contributed by atoms with van der Waals surface area (Å²) in [4.78, 5) is 24.8. The molecule has 1 aromatic rings. The first kappa shape index (κ1) is 16.3. The van der Waals surface area contributed by atoms with Crippen molar-refractivity contribution in [1.29, 1.82) is 0 Å². The smallest absolute Gasteiger partial charge is 0.331 e. The van der Waals surface area contributed by atoms with Gasteiger partial charge in [0.05, 0.1) is 16.9 Å². The van der Waals surface area contributed by atoms with E-state index in [-0.39, 0.29) is 0 Å². The Labute approximate surface area is 121 Å². The van der Waals surface area contributed by atoms with Gasteiger partial charge in [0.15, 0.2) is 0 Å². The molecule has 0 aromatic carbocycles. The van der Waals surface area contributed by atoms with E-state index < -0.39 is 42.9 Å². The van der Waals surface area contributed by atoms with Gasteiger partial charge < -0.3 is 20.1 Å². The molecule has 108 valence electrons. The number of nitrogens with zero attached hydrogens (tertiary/aromatic N) is 1. The second-order valence-corrected chi connectivity index (χ2v) is 4.94. The molecule has 0 aliphatic heterocycles. The lowest BCUT2D eigenvalue weighted by Gasteiger charge is -2.25. The fraction of sp³-hybridized carbons (Fsp3) is 0.600. The molecule has 0 aliphatic carbocycles. The fourth-order valence-electron chi connectivity index (χ4n) is 1.50. The summed E-state index contributed by atoms with van der Waals surface area (Å²) in [6.45, 7) is 0.435. The summed E-state index contributed by atoms with van der Waals surface area (Å²) < 4.78 is 6.83. The third kappa shape index (κ3) is 4.11. The van der Waals surface area contributed by atoms with Crippen molar-refractivity contribution in [2.75, 3.05) is 13.2 Å². The molecular weight excluding hydrogens is 371 g/mol. The molecule has 0 spiro atoms. The van der Waals surface area contributed by atoms with E-state index in [0.717, 1.165) is 4.57 Å². The van der Waals surface area contributed by atoms with Crippen LogP contribution in [0.4, 0.5) is 0 Å². The van der Waals surface area contributed by atoms with E-state index in [9.17, 15) is 14.7 Å². The van der Waals surface area contributed by atoms with Gasteiger partial charge in [-0.3, -0.25) is 14.3 Å². The first-order chi connectivity index (χ1) is 8.90. The van der Waals surface area contributed by atoms with Crippen LogP contribution in [0.3, 0.4) is 0 Å². The lowest BCUT2D eigenvalue weighted by atomic mass is 10.2. The highest BCUT2D eigenvalue weighted by Gasteiger charge is 2.23. The number of hydrogen-bond donors (Lipinski definition) is 4. The Morgan fingerprint density at radius 3 is 2.53 bits per heavy atom. The molecule has 0 saturated heterocycles. The molecule has 1 heterocycles. The first-order valence-electron chi connectivity index (χ1n) is 5.47. The van der Waals surface area contributed by atoms with Crippen molar-refractivity contribution in [2.24, 2.45) is 0 Å². The number of aliphatic hydroxyl groups is 3. The zero-order valence-corrected chi connectivity index (χ0v) is 12.3. The van der Waals surface area contributed by atoms with Gasteiger partial charge in [0.2, 0.25) is 0 Å². The third-order valence-corrected chi connectivity index (χ3v) is 3.29. The molecule has 3 atom stereocenters. The second kappa shape index (κ2) is 7.14. The van der Waals surface area contributed by atoms with E-state index >= 15 is 0 Å². The number of aromatic amines is 1. The monoisotopic (exact) mass is 386 g/mol. The molecule has 0 radical (unpaired) electrons. The summed E-state index contributed by atoms with van der Waals surface area (Å²) in [5, 5.41) is 27.3. The zero-order chi connectivity index (χ0) is 14.6. The van der Waals surface area contributed by atoms with Gasteiger partial charge in [0, 0.05) is 6.07 Å². The van der Waals surface area contributed by atoms with Gasteiger partial charge in [-0.05, 0) is 29.5 Å². The molecule has 0 fully saturated rings. The molecule has 4 N–H and O–H groups in total. The Kier molecular flexibility index (Phi) is 6.13. The molecule has 0 aliphatic rings. The predicted octanol–water partition coefficient (Wildman–Crippen LogP) is -1.61. The topological polar surface area (TPSA) is 125 Å². The van der Waals surface area contributed by atoms with Crippen LogP contribution < -0.4 is 11.2 Å². The van der Waals surface area contributed by atoms with Crippen LogP contribution >= 0.6 is 22.6 Å². The van der Waals surface area contributed by atoms with Crippen molar-refractivity contribution in [3.63, 3.8) is 0 Å². The Morgan fingerprint density at radius 1 is 1.42 bits per heavy atom. The molecule has 1 rings (SSSR count). The summed E-state index contributed by atoms with van der Waals surface area (Å²) in [5.74, 6) is 0. The van der Waals surface area contributed by atoms with Gasteiger partial charge in [0.25, 0.3) is 5.56 Å². The SMILES string of the molecule is CC(O[C@H](CO)C(O)CO)n1c(I)cc(=O)[nH]c1=O. The average Bonchev–Trinajstić information content (AvgIpc) is 2.33. The number of H-pyrrole nitrogens is 1. The maximum Gasteiger partial charge on any atom is 0.331 e. The quantitative estimate of drug-likeness (QED) is 0.345. The van der Waals surface area contributed by atoms with Gasteiger partial charge in [-0.25, -0.2) is 4.79 Å². The molecule has 0 bridgehead atoms. The fourth-order valence-corrected chi connectivity index (χ4v) is 2.40. The van der Waals surface area contributed by atoms with E-state index in [2.05, 4.69) is 4.98 Å². The van der Waals surface area contributed by atoms with Gasteiger partial charge in [0.1, 0.15) is 18.4 Å². The van der Waals surface area contributed by atoms with Crippen LogP contribution in [0.2, 0.25) is 0 Å². The maximum absolute atomic E-state index is 11.7. The Morgan fingerprint density at radius 2 is 2.05 bits per heavy atom. The normalized spacial score (nSPS) is 16.1. The highest BCUT2D eigenvalue weighted by Crippen LogP contribution is 2.13. The van der Waals surface area contributed by atoms with Gasteiger partial charge in [-0.2, -0.15) is 0 Å². The molecular formula is C10H15IN2O6. The maximum atomic E-state index is 11.7. The summed E-state index contributed by atoms with van der Waals surface area (Å²) in [6.07, 6.45) is -3.12. The average molecular weight is 386 g/mol. The molecule has 19 heavy (non-hydrogen) atoms. The van der Waals surface area contributed by atoms with E-state index in [0.29, 0.717) is 3.70 Å². The van der Waals surface area contributed by atoms with Gasteiger partial charge >= 0.3 is 5.69 Å². The summed E-state index contributed by atoms with van der Waals surface area (Å²) in [5.41, 5.74) is -1.17. The van der Waals surface area contributed by atoms with E-state index in [1.807, 2.05) is 0 Å². The van der Waals surface area contributed by atoms with E-state index in [4.69, 9.17) is 14.9 Å². The van der Waals surface area contributed by atoms with Crippen LogP contribution in [0.25, 0.3) is 0 Å². The van der Waals surface area contributed by atoms with Crippen molar-refractivity contribution >= 4 is 22.6 Å². The van der Waals surface area contributed by atoms with Crippen molar-refractivity contribution in [3.8, 4) is 0 Å². The number of ether oxygens (including phenoxy) is 1. The third-order valence-electron chi connectivity index (χ3n) is 2.46. The van der Waals surface area contributed by atoms with Crippen LogP contribution in [0.1, 0.15) is 13.2 Å². The standard InChI is InChI=1S/C10H15IN2O6/c1-5(19-7(4-15)6(16)3-14)13-8(11)2-9(17)12-10(13)18/h2,5-7,14-16H,3-4H2,1H3,(H,12,17,18)/t5?,6?,7-/m1/s1. The highest BCUT2D eigenvalue weighted by molar-refractivity contribution is 14.1. The number of rotatable bonds is 6. The van der Waals surface area contributed by atoms with Crippen molar-refractivity contribution in [1.82, 2.24) is 9.55 Å². The Hall–Kier alpha value is -0.750. The Bertz CT molecular complexity index is 527. The van der Waals surface area contributed by atoms with Crippen LogP contribution in [0.15, 0.2) is 15.7 Å². The molecule has 2 unspecified atom stereocenters. The first-order valence-corrected chi connectivity index (χ1v) is 6.55. The minimum Gasteiger partial charge on any atom is -0.394 e. The molecule has 0 saturated carbocycles. The molecule has 0 amide bonds. The van der Waals surface area contributed by atoms with Gasteiger partial charge in [-0.15, -0.1) is 0 Å². The lowest BCUT2D eigenvalue weighted by Crippen LogP contribution is -2.40. The van der Waals surface area contributed by atoms with Gasteiger partial charge in [-0.1, -0.05) is 0 Å². The minimum absolute atomic E-state index is 0.356. The number of nitrogens with one attached hydrogen (secondary N) is 1. The van der Waals surface area contributed by atoms with E-state index in [1.54, 1.807) is 22.6 Å². The Balaban J connectivity index is 2.98. The summed E-state index contributed by atoms with van der Waals surface area (Å²) in [7, 11) is 0. The van der Waals surface area contributed by atoms with Crippen molar-refractivity contribution in [2.45, 2.75) is 25.4 Å². The number of aliphatic hydroxyl groups excluding tert-OH is 3. The predicted molar refractivity (Wildman–Crippen MR) is 73.8 cm³/mol. The number of hydrogen-bond acceptors (Lipinski definition) is 6.